The minimum absolute atomic E-state index is 0.182. The molecule has 0 unspecified atom stereocenters. The molecule has 196 valence electrons. The summed E-state index contributed by atoms with van der Waals surface area (Å²) in [6, 6.07) is 5.59. The van der Waals surface area contributed by atoms with Crippen molar-refractivity contribution in [3.05, 3.63) is 23.9 Å². The summed E-state index contributed by atoms with van der Waals surface area (Å²) in [5.74, 6) is 0.291. The van der Waals surface area contributed by atoms with Crippen molar-refractivity contribution in [3.8, 4) is 11.5 Å². The number of benzene rings is 1. The van der Waals surface area contributed by atoms with Gasteiger partial charge >= 0.3 is 0 Å². The van der Waals surface area contributed by atoms with Gasteiger partial charge in [0.05, 0.1) is 19.2 Å². The van der Waals surface area contributed by atoms with E-state index in [0.29, 0.717) is 46.6 Å². The van der Waals surface area contributed by atoms with Gasteiger partial charge < -0.3 is 24.6 Å². The lowest BCUT2D eigenvalue weighted by molar-refractivity contribution is -0.0222. The Morgan fingerprint density at radius 2 is 1.89 bits per heavy atom. The second-order valence-electron chi connectivity index (χ2n) is 9.73. The van der Waals surface area contributed by atoms with E-state index >= 15 is 0 Å². The number of rotatable bonds is 10. The Balaban J connectivity index is 1.71. The quantitative estimate of drug-likeness (QED) is 0.382. The first-order chi connectivity index (χ1) is 17.1. The van der Waals surface area contributed by atoms with Crippen LogP contribution in [0.25, 0.3) is 10.9 Å². The van der Waals surface area contributed by atoms with Crippen molar-refractivity contribution in [2.45, 2.75) is 45.0 Å². The normalized spacial score (nSPS) is 15.6. The zero-order valence-electron chi connectivity index (χ0n) is 21.6. The molecule has 3 aromatic rings. The van der Waals surface area contributed by atoms with E-state index in [9.17, 15) is 8.78 Å². The second-order valence-corrected chi connectivity index (χ2v) is 9.73. The summed E-state index contributed by atoms with van der Waals surface area (Å²) in [5, 5.41) is 11.4. The highest BCUT2D eigenvalue weighted by atomic mass is 19.3. The summed E-state index contributed by atoms with van der Waals surface area (Å²) in [6.07, 6.45) is 0.406. The van der Waals surface area contributed by atoms with E-state index in [4.69, 9.17) is 19.4 Å². The Morgan fingerprint density at radius 1 is 1.14 bits per heavy atom. The molecular weight excluding hydrogens is 468 g/mol. The molecule has 1 fully saturated rings. The molecule has 4 rings (SSSR count). The average molecular weight is 504 g/mol. The fourth-order valence-corrected chi connectivity index (χ4v) is 4.05. The highest BCUT2D eigenvalue weighted by Crippen LogP contribution is 2.37. The summed E-state index contributed by atoms with van der Waals surface area (Å²) < 4.78 is 39.2. The fraction of sp³-hybridized carbons (Fsp3) is 0.560. The van der Waals surface area contributed by atoms with Crippen molar-refractivity contribution in [1.29, 1.82) is 0 Å². The molecule has 0 saturated carbocycles. The van der Waals surface area contributed by atoms with Gasteiger partial charge in [0.25, 0.3) is 5.92 Å². The first-order valence-corrected chi connectivity index (χ1v) is 12.3. The molecule has 1 aliphatic rings. The van der Waals surface area contributed by atoms with E-state index in [-0.39, 0.29) is 31.8 Å². The smallest absolute Gasteiger partial charge is 0.251 e. The number of halogens is 2. The highest BCUT2D eigenvalue weighted by molar-refractivity contribution is 5.94. The van der Waals surface area contributed by atoms with Crippen LogP contribution in [0.15, 0.2) is 18.2 Å². The van der Waals surface area contributed by atoms with Gasteiger partial charge in [-0.05, 0) is 32.5 Å². The number of nitrogens with zero attached hydrogens (tertiary/aromatic N) is 5. The summed E-state index contributed by atoms with van der Waals surface area (Å²) in [6.45, 7) is 5.94. The molecule has 2 N–H and O–H groups in total. The van der Waals surface area contributed by atoms with Crippen LogP contribution in [0.2, 0.25) is 0 Å². The SMILES string of the molecule is COc1cc2c(Nc3cc(C(C)C)[nH]n3)nc(N3CCC(F)(F)CC3)nc2cc1OCCCN(C)C. The number of methoxy groups -OCH3 is 1. The van der Waals surface area contributed by atoms with Crippen molar-refractivity contribution >= 4 is 28.5 Å². The van der Waals surface area contributed by atoms with E-state index in [1.807, 2.05) is 32.3 Å². The van der Waals surface area contributed by atoms with Gasteiger partial charge in [-0.3, -0.25) is 5.10 Å². The van der Waals surface area contributed by atoms with Crippen LogP contribution >= 0.6 is 0 Å². The lowest BCUT2D eigenvalue weighted by Crippen LogP contribution is -2.40. The molecule has 1 aromatic carbocycles. The monoisotopic (exact) mass is 503 g/mol. The van der Waals surface area contributed by atoms with Gasteiger partial charge in [0, 0.05) is 55.7 Å². The van der Waals surface area contributed by atoms with Gasteiger partial charge in [0.15, 0.2) is 17.3 Å². The highest BCUT2D eigenvalue weighted by Gasteiger charge is 2.35. The van der Waals surface area contributed by atoms with Crippen LogP contribution in [-0.4, -0.2) is 78.4 Å². The molecule has 1 saturated heterocycles. The van der Waals surface area contributed by atoms with Crippen LogP contribution in [0.5, 0.6) is 11.5 Å². The fourth-order valence-electron chi connectivity index (χ4n) is 4.05. The molecule has 9 nitrogen and oxygen atoms in total. The third-order valence-electron chi connectivity index (χ3n) is 6.22. The van der Waals surface area contributed by atoms with Crippen LogP contribution in [0.1, 0.15) is 44.7 Å². The molecule has 0 bridgehead atoms. The van der Waals surface area contributed by atoms with Crippen molar-refractivity contribution in [2.75, 3.05) is 57.7 Å². The molecule has 36 heavy (non-hydrogen) atoms. The van der Waals surface area contributed by atoms with E-state index in [1.54, 1.807) is 12.0 Å². The number of hydrogen-bond donors (Lipinski definition) is 2. The van der Waals surface area contributed by atoms with Gasteiger partial charge in [-0.2, -0.15) is 10.1 Å². The van der Waals surface area contributed by atoms with Crippen LogP contribution in [0, 0.1) is 0 Å². The molecule has 0 spiro atoms. The molecular formula is C25H35F2N7O2. The number of alkyl halides is 2. The number of fused-ring (bicyclic) bond motifs is 1. The van der Waals surface area contributed by atoms with Gasteiger partial charge in [-0.1, -0.05) is 13.8 Å². The number of anilines is 3. The number of piperidine rings is 1. The van der Waals surface area contributed by atoms with E-state index in [0.717, 1.165) is 18.7 Å². The largest absolute Gasteiger partial charge is 0.493 e. The minimum Gasteiger partial charge on any atom is -0.493 e. The van der Waals surface area contributed by atoms with Gasteiger partial charge in [0.2, 0.25) is 5.95 Å². The molecule has 3 heterocycles. The Morgan fingerprint density at radius 3 is 2.53 bits per heavy atom. The summed E-state index contributed by atoms with van der Waals surface area (Å²) >= 11 is 0. The van der Waals surface area contributed by atoms with Crippen LogP contribution < -0.4 is 19.7 Å². The molecule has 2 aromatic heterocycles. The number of nitrogens with one attached hydrogen (secondary N) is 2. The number of hydrogen-bond acceptors (Lipinski definition) is 8. The Labute approximate surface area is 210 Å². The van der Waals surface area contributed by atoms with Crippen LogP contribution in [0.3, 0.4) is 0 Å². The topological polar surface area (TPSA) is 91.4 Å². The van der Waals surface area contributed by atoms with Gasteiger partial charge in [0.1, 0.15) is 5.82 Å². The molecule has 0 radical (unpaired) electrons. The van der Waals surface area contributed by atoms with Gasteiger partial charge in [-0.15, -0.1) is 0 Å². The second kappa shape index (κ2) is 10.8. The predicted octanol–water partition coefficient (Wildman–Crippen LogP) is 4.79. The Bertz CT molecular complexity index is 1170. The minimum atomic E-state index is -2.66. The van der Waals surface area contributed by atoms with E-state index in [2.05, 4.69) is 34.3 Å². The number of H-pyrrole nitrogens is 1. The van der Waals surface area contributed by atoms with Crippen LogP contribution in [-0.2, 0) is 0 Å². The maximum atomic E-state index is 13.8. The molecule has 0 aliphatic carbocycles. The molecule has 0 atom stereocenters. The standard InChI is InChI=1S/C25H35F2N7O2/c1-16(2)18-15-22(32-31-18)29-23-17-13-20(35-5)21(36-12-6-9-33(3)4)14-19(17)28-24(30-23)34-10-7-25(26,27)8-11-34/h13-16H,6-12H2,1-5H3,(H2,28,29,30,31,32). The predicted molar refractivity (Wildman–Crippen MR) is 137 cm³/mol. The Kier molecular flexibility index (Phi) is 7.77. The summed E-state index contributed by atoms with van der Waals surface area (Å²) in [7, 11) is 5.62. The lowest BCUT2D eigenvalue weighted by atomic mass is 10.1. The lowest BCUT2D eigenvalue weighted by Gasteiger charge is -2.32. The first-order valence-electron chi connectivity index (χ1n) is 12.3. The van der Waals surface area contributed by atoms with Crippen molar-refractivity contribution < 1.29 is 18.3 Å². The van der Waals surface area contributed by atoms with E-state index in [1.165, 1.54) is 0 Å². The average Bonchev–Trinajstić information content (AvgIpc) is 3.30. The Hall–Kier alpha value is -3.21. The molecule has 11 heteroatoms. The van der Waals surface area contributed by atoms with E-state index < -0.39 is 5.92 Å². The molecule has 1 aliphatic heterocycles. The number of aromatic nitrogens is 4. The number of ether oxygens (including phenoxy) is 2. The van der Waals surface area contributed by atoms with Crippen molar-refractivity contribution in [2.24, 2.45) is 0 Å². The number of aromatic amines is 1. The zero-order chi connectivity index (χ0) is 25.9. The third kappa shape index (κ3) is 6.13. The molecule has 0 amide bonds. The van der Waals surface area contributed by atoms with Crippen molar-refractivity contribution in [1.82, 2.24) is 25.1 Å². The first kappa shape index (κ1) is 25.9. The van der Waals surface area contributed by atoms with Gasteiger partial charge in [-0.25, -0.2) is 13.8 Å². The third-order valence-corrected chi connectivity index (χ3v) is 6.22. The summed E-state index contributed by atoms with van der Waals surface area (Å²) in [4.78, 5) is 13.4. The van der Waals surface area contributed by atoms with Crippen LogP contribution in [0.4, 0.5) is 26.4 Å². The maximum absolute atomic E-state index is 13.8. The summed E-state index contributed by atoms with van der Waals surface area (Å²) in [5.41, 5.74) is 1.61. The maximum Gasteiger partial charge on any atom is 0.251 e. The van der Waals surface area contributed by atoms with Crippen molar-refractivity contribution in [3.63, 3.8) is 0 Å². The zero-order valence-corrected chi connectivity index (χ0v) is 21.6.